The molecule has 0 aliphatic rings. The summed E-state index contributed by atoms with van der Waals surface area (Å²) in [5.74, 6) is -1.07. The van der Waals surface area contributed by atoms with E-state index < -0.39 is 11.9 Å². The molecule has 98 valence electrons. The van der Waals surface area contributed by atoms with Gasteiger partial charge >= 0.3 is 5.97 Å². The minimum atomic E-state index is -1.13. The lowest BCUT2D eigenvalue weighted by Crippen LogP contribution is -2.12. The molecular formula is C12H9ClN2O4. The molecule has 7 heteroatoms. The van der Waals surface area contributed by atoms with Crippen LogP contribution >= 0.6 is 11.6 Å². The van der Waals surface area contributed by atoms with Gasteiger partial charge in [0.2, 0.25) is 0 Å². The predicted molar refractivity (Wildman–Crippen MR) is 67.6 cm³/mol. The Morgan fingerprint density at radius 2 is 2.11 bits per heavy atom. The first-order valence-electron chi connectivity index (χ1n) is 5.25. The van der Waals surface area contributed by atoms with Gasteiger partial charge in [0.1, 0.15) is 5.76 Å². The first-order valence-corrected chi connectivity index (χ1v) is 5.62. The van der Waals surface area contributed by atoms with Crippen LogP contribution in [0, 0.1) is 6.92 Å². The van der Waals surface area contributed by atoms with Crippen molar-refractivity contribution in [2.75, 3.05) is 5.32 Å². The zero-order valence-corrected chi connectivity index (χ0v) is 10.6. The number of carbonyl (C=O) groups is 2. The molecule has 0 aliphatic carbocycles. The van der Waals surface area contributed by atoms with Crippen molar-refractivity contribution in [3.8, 4) is 0 Å². The molecule has 0 radical (unpaired) electrons. The lowest BCUT2D eigenvalue weighted by atomic mass is 10.2. The lowest BCUT2D eigenvalue weighted by molar-refractivity contribution is 0.0697. The molecule has 0 atom stereocenters. The van der Waals surface area contributed by atoms with Crippen LogP contribution in [0.5, 0.6) is 0 Å². The van der Waals surface area contributed by atoms with Gasteiger partial charge in [0, 0.05) is 11.8 Å². The number of aromatic carboxylic acids is 1. The largest absolute Gasteiger partial charge is 0.478 e. The summed E-state index contributed by atoms with van der Waals surface area (Å²) in [4.78, 5) is 22.5. The Kier molecular flexibility index (Phi) is 3.52. The summed E-state index contributed by atoms with van der Waals surface area (Å²) in [7, 11) is 0. The number of carboxylic acids is 1. The fourth-order valence-corrected chi connectivity index (χ4v) is 1.70. The number of hydrogen-bond donors (Lipinski definition) is 2. The fraction of sp³-hybridized carbons (Fsp3) is 0.0833. The summed E-state index contributed by atoms with van der Waals surface area (Å²) >= 11 is 5.79. The van der Waals surface area contributed by atoms with Crippen molar-refractivity contribution in [1.82, 2.24) is 5.16 Å². The highest BCUT2D eigenvalue weighted by molar-refractivity contribution is 6.33. The first kappa shape index (κ1) is 13.1. The second-order valence-corrected chi connectivity index (χ2v) is 4.18. The third-order valence-electron chi connectivity index (χ3n) is 2.32. The van der Waals surface area contributed by atoms with Crippen LogP contribution in [0.25, 0.3) is 0 Å². The summed E-state index contributed by atoms with van der Waals surface area (Å²) in [6.45, 7) is 1.67. The standard InChI is InChI=1S/C12H9ClN2O4/c1-6-4-10(15-19-6)11(16)14-7-2-3-8(12(17)18)9(13)5-7/h2-5H,1H3,(H,14,16)(H,17,18). The monoisotopic (exact) mass is 280 g/mol. The van der Waals surface area contributed by atoms with Crippen molar-refractivity contribution in [2.24, 2.45) is 0 Å². The van der Waals surface area contributed by atoms with E-state index in [2.05, 4.69) is 10.5 Å². The zero-order valence-electron chi connectivity index (χ0n) is 9.81. The van der Waals surface area contributed by atoms with Crippen LogP contribution in [0.15, 0.2) is 28.8 Å². The van der Waals surface area contributed by atoms with Gasteiger partial charge in [0.05, 0.1) is 10.6 Å². The number of rotatable bonds is 3. The molecule has 6 nitrogen and oxygen atoms in total. The number of aryl methyl sites for hydroxylation is 1. The van der Waals surface area contributed by atoms with E-state index in [9.17, 15) is 9.59 Å². The second-order valence-electron chi connectivity index (χ2n) is 3.78. The van der Waals surface area contributed by atoms with Gasteiger partial charge in [-0.3, -0.25) is 4.79 Å². The van der Waals surface area contributed by atoms with Crippen molar-refractivity contribution in [1.29, 1.82) is 0 Å². The highest BCUT2D eigenvalue weighted by Gasteiger charge is 2.13. The van der Waals surface area contributed by atoms with Gasteiger partial charge in [-0.05, 0) is 25.1 Å². The van der Waals surface area contributed by atoms with E-state index in [1.165, 1.54) is 24.3 Å². The maximum atomic E-state index is 11.8. The molecule has 1 aromatic carbocycles. The Morgan fingerprint density at radius 3 is 2.63 bits per heavy atom. The number of carbonyl (C=O) groups excluding carboxylic acids is 1. The maximum absolute atomic E-state index is 11.8. The molecule has 1 aromatic heterocycles. The van der Waals surface area contributed by atoms with E-state index in [1.54, 1.807) is 6.92 Å². The molecule has 0 aliphatic heterocycles. The predicted octanol–water partition coefficient (Wildman–Crippen LogP) is 2.59. The Hall–Kier alpha value is -2.34. The number of nitrogens with one attached hydrogen (secondary N) is 1. The normalized spacial score (nSPS) is 10.2. The van der Waals surface area contributed by atoms with Crippen molar-refractivity contribution < 1.29 is 19.2 Å². The van der Waals surface area contributed by atoms with Crippen molar-refractivity contribution in [2.45, 2.75) is 6.92 Å². The average molecular weight is 281 g/mol. The van der Waals surface area contributed by atoms with Crippen molar-refractivity contribution >= 4 is 29.2 Å². The quantitative estimate of drug-likeness (QED) is 0.901. The zero-order chi connectivity index (χ0) is 14.0. The van der Waals surface area contributed by atoms with Crippen molar-refractivity contribution in [3.63, 3.8) is 0 Å². The second kappa shape index (κ2) is 5.11. The van der Waals surface area contributed by atoms with Gasteiger partial charge in [-0.1, -0.05) is 16.8 Å². The molecule has 0 saturated heterocycles. The van der Waals surface area contributed by atoms with Crippen LogP contribution in [0.3, 0.4) is 0 Å². The molecular weight excluding hydrogens is 272 g/mol. The number of nitrogens with zero attached hydrogens (tertiary/aromatic N) is 1. The molecule has 2 N–H and O–H groups in total. The minimum absolute atomic E-state index is 0.0306. The Bertz CT molecular complexity index is 651. The molecule has 0 saturated carbocycles. The first-order chi connectivity index (χ1) is 8.97. The Labute approximate surface area is 113 Å². The summed E-state index contributed by atoms with van der Waals surface area (Å²) < 4.78 is 4.78. The third kappa shape index (κ3) is 2.92. The van der Waals surface area contributed by atoms with Crippen molar-refractivity contribution in [3.05, 3.63) is 46.3 Å². The van der Waals surface area contributed by atoms with Gasteiger partial charge in [-0.25, -0.2) is 4.79 Å². The Balaban J connectivity index is 2.18. The van der Waals surface area contributed by atoms with Gasteiger partial charge in [-0.2, -0.15) is 0 Å². The number of amides is 1. The minimum Gasteiger partial charge on any atom is -0.478 e. The number of aromatic nitrogens is 1. The smallest absolute Gasteiger partial charge is 0.337 e. The van der Waals surface area contributed by atoms with Crippen LogP contribution in [0.1, 0.15) is 26.6 Å². The maximum Gasteiger partial charge on any atom is 0.337 e. The molecule has 0 bridgehead atoms. The fourth-order valence-electron chi connectivity index (χ4n) is 1.43. The molecule has 2 aromatic rings. The summed E-state index contributed by atoms with van der Waals surface area (Å²) in [5, 5.41) is 15.0. The molecule has 0 spiro atoms. The average Bonchev–Trinajstić information content (AvgIpc) is 2.75. The molecule has 2 rings (SSSR count). The van der Waals surface area contributed by atoms with Crippen LogP contribution in [0.2, 0.25) is 5.02 Å². The molecule has 0 fully saturated rings. The highest BCUT2D eigenvalue weighted by atomic mass is 35.5. The number of benzene rings is 1. The number of anilines is 1. The van der Waals surface area contributed by atoms with E-state index in [-0.39, 0.29) is 16.3 Å². The summed E-state index contributed by atoms with van der Waals surface area (Å²) in [6, 6.07) is 5.60. The number of halogens is 1. The van der Waals surface area contributed by atoms with Gasteiger partial charge in [0.15, 0.2) is 5.69 Å². The molecule has 1 amide bonds. The van der Waals surface area contributed by atoms with Gasteiger partial charge < -0.3 is 14.9 Å². The third-order valence-corrected chi connectivity index (χ3v) is 2.63. The highest BCUT2D eigenvalue weighted by Crippen LogP contribution is 2.21. The SMILES string of the molecule is Cc1cc(C(=O)Nc2ccc(C(=O)O)c(Cl)c2)no1. The summed E-state index contributed by atoms with van der Waals surface area (Å²) in [6.07, 6.45) is 0. The van der Waals surface area contributed by atoms with Gasteiger partial charge in [-0.15, -0.1) is 0 Å². The van der Waals surface area contributed by atoms with E-state index in [0.29, 0.717) is 11.4 Å². The molecule has 1 heterocycles. The van der Waals surface area contributed by atoms with Crippen LogP contribution in [0.4, 0.5) is 5.69 Å². The van der Waals surface area contributed by atoms with E-state index >= 15 is 0 Å². The number of carboxylic acid groups (broad SMARTS) is 1. The van der Waals surface area contributed by atoms with Crippen LogP contribution < -0.4 is 5.32 Å². The molecule has 19 heavy (non-hydrogen) atoms. The van der Waals surface area contributed by atoms with Crippen LogP contribution in [-0.4, -0.2) is 22.1 Å². The lowest BCUT2D eigenvalue weighted by Gasteiger charge is -2.05. The molecule has 0 unspecified atom stereocenters. The van der Waals surface area contributed by atoms with Gasteiger partial charge in [0.25, 0.3) is 5.91 Å². The number of hydrogen-bond acceptors (Lipinski definition) is 4. The van der Waals surface area contributed by atoms with E-state index in [1.807, 2.05) is 0 Å². The summed E-state index contributed by atoms with van der Waals surface area (Å²) in [5.41, 5.74) is 0.480. The Morgan fingerprint density at radius 1 is 1.37 bits per heavy atom. The van der Waals surface area contributed by atoms with E-state index in [4.69, 9.17) is 21.2 Å². The topological polar surface area (TPSA) is 92.4 Å². The van der Waals surface area contributed by atoms with E-state index in [0.717, 1.165) is 0 Å². The van der Waals surface area contributed by atoms with Crippen LogP contribution in [-0.2, 0) is 0 Å².